The molecule has 1 aromatic heterocycles. The summed E-state index contributed by atoms with van der Waals surface area (Å²) in [6.45, 7) is 5.08. The lowest BCUT2D eigenvalue weighted by Crippen LogP contribution is -2.11. The highest BCUT2D eigenvalue weighted by molar-refractivity contribution is 5.66. The molecule has 1 heterocycles. The number of pyridine rings is 1. The van der Waals surface area contributed by atoms with E-state index in [1.165, 1.54) is 13.8 Å². The van der Waals surface area contributed by atoms with E-state index in [9.17, 15) is 9.59 Å². The Labute approximate surface area is 111 Å². The van der Waals surface area contributed by atoms with Crippen LogP contribution in [-0.2, 0) is 25.7 Å². The van der Waals surface area contributed by atoms with E-state index < -0.39 is 0 Å². The maximum atomic E-state index is 10.8. The van der Waals surface area contributed by atoms with Gasteiger partial charge in [0.25, 0.3) is 0 Å². The highest BCUT2D eigenvalue weighted by Gasteiger charge is 2.08. The van der Waals surface area contributed by atoms with E-state index in [1.54, 1.807) is 12.3 Å². The maximum Gasteiger partial charge on any atom is 0.303 e. The van der Waals surface area contributed by atoms with Gasteiger partial charge in [-0.3, -0.25) is 14.6 Å². The van der Waals surface area contributed by atoms with E-state index in [1.807, 2.05) is 6.92 Å². The molecule has 1 rings (SSSR count). The van der Waals surface area contributed by atoms with Crippen molar-refractivity contribution in [2.45, 2.75) is 27.4 Å². The third-order valence-corrected chi connectivity index (χ3v) is 2.32. The molecule has 0 radical (unpaired) electrons. The van der Waals surface area contributed by atoms with Crippen LogP contribution in [0.2, 0.25) is 0 Å². The quantitative estimate of drug-likeness (QED) is 0.573. The number of carbonyl (C=O) groups is 2. The maximum absolute atomic E-state index is 10.8. The van der Waals surface area contributed by atoms with Gasteiger partial charge in [-0.15, -0.1) is 0 Å². The predicted octanol–water partition coefficient (Wildman–Crippen LogP) is 1.40. The molecule has 0 spiro atoms. The third-order valence-electron chi connectivity index (χ3n) is 2.32. The highest BCUT2D eigenvalue weighted by Crippen LogP contribution is 2.19. The second kappa shape index (κ2) is 7.35. The molecule has 104 valence electrons. The lowest BCUT2D eigenvalue weighted by Gasteiger charge is -2.11. The first-order valence-corrected chi connectivity index (χ1v) is 5.84. The van der Waals surface area contributed by atoms with E-state index in [4.69, 9.17) is 14.2 Å². The molecule has 6 heteroatoms. The van der Waals surface area contributed by atoms with Gasteiger partial charge in [-0.05, 0) is 13.0 Å². The number of carbonyl (C=O) groups excluding carboxylic acids is 2. The van der Waals surface area contributed by atoms with Gasteiger partial charge in [0.15, 0.2) is 0 Å². The van der Waals surface area contributed by atoms with Crippen LogP contribution in [-0.4, -0.2) is 30.1 Å². The molecule has 1 aromatic rings. The van der Waals surface area contributed by atoms with E-state index in [0.717, 1.165) is 5.56 Å². The smallest absolute Gasteiger partial charge is 0.303 e. The van der Waals surface area contributed by atoms with Gasteiger partial charge in [-0.1, -0.05) is 0 Å². The minimum absolute atomic E-state index is 0.113. The number of ether oxygens (including phenoxy) is 3. The summed E-state index contributed by atoms with van der Waals surface area (Å²) in [5.74, 6) is -0.0720. The Kier molecular flexibility index (Phi) is 5.78. The number of esters is 2. The Hall–Kier alpha value is -2.11. The fraction of sp³-hybridized carbons (Fsp3) is 0.462. The van der Waals surface area contributed by atoms with Crippen LogP contribution in [0.3, 0.4) is 0 Å². The fourth-order valence-corrected chi connectivity index (χ4v) is 1.37. The van der Waals surface area contributed by atoms with Gasteiger partial charge in [-0.25, -0.2) is 0 Å². The van der Waals surface area contributed by atoms with Crippen molar-refractivity contribution in [2.24, 2.45) is 0 Å². The predicted molar refractivity (Wildman–Crippen MR) is 66.6 cm³/mol. The summed E-state index contributed by atoms with van der Waals surface area (Å²) < 4.78 is 15.1. The Bertz CT molecular complexity index is 458. The van der Waals surface area contributed by atoms with Crippen LogP contribution in [0.4, 0.5) is 0 Å². The standard InChI is InChI=1S/C13H17NO5/c1-9-12(8-19-11(3)16)14-5-4-13(9)18-7-6-17-10(2)15/h4-5H,6-8H2,1-3H3. The minimum atomic E-state index is -0.359. The van der Waals surface area contributed by atoms with Crippen molar-refractivity contribution < 1.29 is 23.8 Å². The number of hydrogen-bond donors (Lipinski definition) is 0. The second-order valence-corrected chi connectivity index (χ2v) is 3.85. The average Bonchev–Trinajstić information content (AvgIpc) is 2.34. The summed E-state index contributed by atoms with van der Waals surface area (Å²) >= 11 is 0. The molecular weight excluding hydrogens is 250 g/mol. The Morgan fingerprint density at radius 1 is 1.16 bits per heavy atom. The van der Waals surface area contributed by atoms with Crippen molar-refractivity contribution in [2.75, 3.05) is 13.2 Å². The summed E-state index contributed by atoms with van der Waals surface area (Å²) in [4.78, 5) is 25.5. The number of aromatic nitrogens is 1. The zero-order valence-corrected chi connectivity index (χ0v) is 11.3. The molecule has 0 fully saturated rings. The van der Waals surface area contributed by atoms with Gasteiger partial charge in [0.2, 0.25) is 0 Å². The lowest BCUT2D eigenvalue weighted by molar-refractivity contribution is -0.142. The minimum Gasteiger partial charge on any atom is -0.490 e. The van der Waals surface area contributed by atoms with Crippen LogP contribution < -0.4 is 4.74 Å². The summed E-state index contributed by atoms with van der Waals surface area (Å²) in [5, 5.41) is 0. The highest BCUT2D eigenvalue weighted by atomic mass is 16.6. The van der Waals surface area contributed by atoms with E-state index in [2.05, 4.69) is 4.98 Å². The molecule has 0 amide bonds. The topological polar surface area (TPSA) is 74.7 Å². The van der Waals surface area contributed by atoms with Crippen LogP contribution in [0.25, 0.3) is 0 Å². The Morgan fingerprint density at radius 2 is 1.84 bits per heavy atom. The van der Waals surface area contributed by atoms with Crippen molar-refractivity contribution in [3.8, 4) is 5.75 Å². The Balaban J connectivity index is 2.56. The number of hydrogen-bond acceptors (Lipinski definition) is 6. The van der Waals surface area contributed by atoms with Crippen LogP contribution in [0, 0.1) is 6.92 Å². The van der Waals surface area contributed by atoms with Crippen molar-refractivity contribution in [3.63, 3.8) is 0 Å². The monoisotopic (exact) mass is 267 g/mol. The van der Waals surface area contributed by atoms with Crippen LogP contribution in [0.5, 0.6) is 5.75 Å². The van der Waals surface area contributed by atoms with E-state index in [-0.39, 0.29) is 31.8 Å². The second-order valence-electron chi connectivity index (χ2n) is 3.85. The fourth-order valence-electron chi connectivity index (χ4n) is 1.37. The van der Waals surface area contributed by atoms with Crippen LogP contribution in [0.15, 0.2) is 12.3 Å². The van der Waals surface area contributed by atoms with Crippen molar-refractivity contribution >= 4 is 11.9 Å². The van der Waals surface area contributed by atoms with E-state index >= 15 is 0 Å². The molecule has 0 bridgehead atoms. The van der Waals surface area contributed by atoms with Gasteiger partial charge >= 0.3 is 11.9 Å². The van der Waals surface area contributed by atoms with Crippen molar-refractivity contribution in [1.82, 2.24) is 4.98 Å². The molecule has 0 saturated carbocycles. The summed E-state index contributed by atoms with van der Waals surface area (Å²) in [7, 11) is 0. The summed E-state index contributed by atoms with van der Waals surface area (Å²) in [6, 6.07) is 1.71. The lowest BCUT2D eigenvalue weighted by atomic mass is 10.2. The first kappa shape index (κ1) is 14.9. The molecule has 0 aliphatic carbocycles. The zero-order valence-electron chi connectivity index (χ0n) is 11.3. The largest absolute Gasteiger partial charge is 0.490 e. The number of rotatable bonds is 6. The summed E-state index contributed by atoms with van der Waals surface area (Å²) in [5.41, 5.74) is 1.44. The SMILES string of the molecule is CC(=O)OCCOc1ccnc(COC(C)=O)c1C. The van der Waals surface area contributed by atoms with Gasteiger partial charge in [0, 0.05) is 25.6 Å². The molecule has 19 heavy (non-hydrogen) atoms. The van der Waals surface area contributed by atoms with Gasteiger partial charge < -0.3 is 14.2 Å². The molecule has 0 aromatic carbocycles. The van der Waals surface area contributed by atoms with Crippen molar-refractivity contribution in [1.29, 1.82) is 0 Å². The average molecular weight is 267 g/mol. The third kappa shape index (κ3) is 5.37. The molecule has 0 saturated heterocycles. The first-order chi connectivity index (χ1) is 9.00. The van der Waals surface area contributed by atoms with Gasteiger partial charge in [0.05, 0.1) is 5.69 Å². The molecule has 6 nitrogen and oxygen atoms in total. The van der Waals surface area contributed by atoms with Crippen molar-refractivity contribution in [3.05, 3.63) is 23.5 Å². The molecule has 0 atom stereocenters. The number of nitrogens with zero attached hydrogens (tertiary/aromatic N) is 1. The molecule has 0 N–H and O–H groups in total. The molecule has 0 aliphatic heterocycles. The molecular formula is C13H17NO5. The summed E-state index contributed by atoms with van der Waals surface area (Å²) in [6.07, 6.45) is 1.58. The first-order valence-electron chi connectivity index (χ1n) is 5.84. The molecule has 0 unspecified atom stereocenters. The zero-order chi connectivity index (χ0) is 14.3. The van der Waals surface area contributed by atoms with Gasteiger partial charge in [0.1, 0.15) is 25.6 Å². The molecule has 0 aliphatic rings. The van der Waals surface area contributed by atoms with Crippen LogP contribution in [0.1, 0.15) is 25.1 Å². The van der Waals surface area contributed by atoms with Crippen LogP contribution >= 0.6 is 0 Å². The van der Waals surface area contributed by atoms with E-state index in [0.29, 0.717) is 11.4 Å². The Morgan fingerprint density at radius 3 is 2.47 bits per heavy atom. The van der Waals surface area contributed by atoms with Gasteiger partial charge in [-0.2, -0.15) is 0 Å². The normalized spacial score (nSPS) is 9.84.